The summed E-state index contributed by atoms with van der Waals surface area (Å²) in [5.41, 5.74) is -0.407. The highest BCUT2D eigenvalue weighted by molar-refractivity contribution is 7.99. The summed E-state index contributed by atoms with van der Waals surface area (Å²) >= 11 is 1.89. The molecule has 0 amide bonds. The molecule has 104 valence electrons. The minimum absolute atomic E-state index is 0.0480. The van der Waals surface area contributed by atoms with Gasteiger partial charge in [-0.2, -0.15) is 11.8 Å². The van der Waals surface area contributed by atoms with Crippen LogP contribution >= 0.6 is 11.8 Å². The van der Waals surface area contributed by atoms with E-state index < -0.39 is 5.54 Å². The van der Waals surface area contributed by atoms with Crippen molar-refractivity contribution < 1.29 is 9.53 Å². The summed E-state index contributed by atoms with van der Waals surface area (Å²) in [5.74, 6) is 3.08. The Bertz CT molecular complexity index is 300. The molecule has 1 N–H and O–H groups in total. The van der Waals surface area contributed by atoms with Gasteiger partial charge in [0.05, 0.1) is 7.11 Å². The lowest BCUT2D eigenvalue weighted by Crippen LogP contribution is -2.57. The molecule has 1 atom stereocenters. The monoisotopic (exact) mass is 271 g/mol. The highest BCUT2D eigenvalue weighted by atomic mass is 32.2. The Hall–Kier alpha value is -0.220. The molecular weight excluding hydrogens is 246 g/mol. The van der Waals surface area contributed by atoms with Crippen LogP contribution in [0.25, 0.3) is 0 Å². The Morgan fingerprint density at radius 3 is 2.50 bits per heavy atom. The van der Waals surface area contributed by atoms with E-state index >= 15 is 0 Å². The molecule has 2 fully saturated rings. The van der Waals surface area contributed by atoms with Crippen molar-refractivity contribution in [2.45, 2.75) is 51.1 Å². The van der Waals surface area contributed by atoms with E-state index in [4.69, 9.17) is 4.74 Å². The molecule has 0 heterocycles. The summed E-state index contributed by atoms with van der Waals surface area (Å²) in [6.45, 7) is 4.44. The van der Waals surface area contributed by atoms with Gasteiger partial charge in [0.2, 0.25) is 0 Å². The van der Waals surface area contributed by atoms with Gasteiger partial charge in [-0.25, -0.2) is 0 Å². The van der Waals surface area contributed by atoms with E-state index in [9.17, 15) is 4.79 Å². The molecule has 4 heteroatoms. The predicted molar refractivity (Wildman–Crippen MR) is 75.8 cm³/mol. The molecule has 2 rings (SSSR count). The van der Waals surface area contributed by atoms with Crippen molar-refractivity contribution in [3.05, 3.63) is 0 Å². The molecule has 1 unspecified atom stereocenters. The number of ether oxygens (including phenoxy) is 1. The molecule has 0 bridgehead atoms. The number of carbonyl (C=O) groups is 1. The van der Waals surface area contributed by atoms with Gasteiger partial charge in [-0.3, -0.25) is 10.1 Å². The molecule has 0 aromatic heterocycles. The normalized spacial score (nSPS) is 22.9. The third-order valence-electron chi connectivity index (χ3n) is 3.64. The van der Waals surface area contributed by atoms with Gasteiger partial charge in [0.15, 0.2) is 0 Å². The van der Waals surface area contributed by atoms with Gasteiger partial charge < -0.3 is 4.74 Å². The molecule has 0 spiro atoms. The van der Waals surface area contributed by atoms with Crippen molar-refractivity contribution in [3.8, 4) is 0 Å². The second-order valence-corrected chi connectivity index (χ2v) is 7.10. The predicted octanol–water partition coefficient (Wildman–Crippen LogP) is 2.45. The molecule has 0 aliphatic heterocycles. The van der Waals surface area contributed by atoms with E-state index in [0.29, 0.717) is 17.9 Å². The van der Waals surface area contributed by atoms with Crippen molar-refractivity contribution in [1.82, 2.24) is 5.32 Å². The standard InChI is InChI=1S/C14H25NO2S/c1-10(2)8-18-9-14(11-4-5-11,13(16)17-3)15-12-6-7-12/h10-12,15H,4-9H2,1-3H3. The number of rotatable bonds is 8. The smallest absolute Gasteiger partial charge is 0.327 e. The Labute approximate surface area is 114 Å². The van der Waals surface area contributed by atoms with Gasteiger partial charge in [0.25, 0.3) is 0 Å². The van der Waals surface area contributed by atoms with Gasteiger partial charge >= 0.3 is 5.97 Å². The van der Waals surface area contributed by atoms with Gasteiger partial charge in [-0.15, -0.1) is 0 Å². The molecular formula is C14H25NO2S. The average Bonchev–Trinajstić information content (AvgIpc) is 3.17. The fourth-order valence-corrected chi connectivity index (χ4v) is 3.72. The van der Waals surface area contributed by atoms with E-state index in [-0.39, 0.29) is 5.97 Å². The highest BCUT2D eigenvalue weighted by Crippen LogP contribution is 2.44. The largest absolute Gasteiger partial charge is 0.468 e. The first kappa shape index (κ1) is 14.2. The van der Waals surface area contributed by atoms with E-state index in [1.807, 2.05) is 11.8 Å². The summed E-state index contributed by atoms with van der Waals surface area (Å²) in [4.78, 5) is 12.3. The van der Waals surface area contributed by atoms with E-state index in [0.717, 1.165) is 24.3 Å². The molecule has 2 aliphatic carbocycles. The number of thioether (sulfide) groups is 1. The first-order valence-corrected chi connectivity index (χ1v) is 8.18. The second kappa shape index (κ2) is 5.83. The lowest BCUT2D eigenvalue weighted by Gasteiger charge is -2.32. The van der Waals surface area contributed by atoms with Crippen LogP contribution in [-0.4, -0.2) is 36.2 Å². The van der Waals surface area contributed by atoms with Gasteiger partial charge in [0, 0.05) is 11.8 Å². The van der Waals surface area contributed by atoms with Crippen LogP contribution in [0.3, 0.4) is 0 Å². The lowest BCUT2D eigenvalue weighted by molar-refractivity contribution is -0.148. The zero-order valence-corrected chi connectivity index (χ0v) is 12.5. The third-order valence-corrected chi connectivity index (χ3v) is 5.21. The summed E-state index contributed by atoms with van der Waals surface area (Å²) < 4.78 is 5.09. The number of hydrogen-bond donors (Lipinski definition) is 1. The fourth-order valence-electron chi connectivity index (χ4n) is 2.37. The maximum Gasteiger partial charge on any atom is 0.327 e. The zero-order valence-electron chi connectivity index (χ0n) is 11.7. The maximum absolute atomic E-state index is 12.3. The number of esters is 1. The molecule has 18 heavy (non-hydrogen) atoms. The Kier molecular flexibility index (Phi) is 4.59. The fraction of sp³-hybridized carbons (Fsp3) is 0.929. The van der Waals surface area contributed by atoms with E-state index in [1.165, 1.54) is 20.0 Å². The number of hydrogen-bond acceptors (Lipinski definition) is 4. The van der Waals surface area contributed by atoms with Crippen LogP contribution in [0, 0.1) is 11.8 Å². The number of nitrogens with one attached hydrogen (secondary N) is 1. The topological polar surface area (TPSA) is 38.3 Å². The molecule has 0 aromatic carbocycles. The van der Waals surface area contributed by atoms with Crippen LogP contribution in [0.4, 0.5) is 0 Å². The van der Waals surface area contributed by atoms with Gasteiger partial charge in [-0.1, -0.05) is 13.8 Å². The summed E-state index contributed by atoms with van der Waals surface area (Å²) in [6.07, 6.45) is 4.74. The molecule has 2 aliphatic rings. The average molecular weight is 271 g/mol. The summed E-state index contributed by atoms with van der Waals surface area (Å²) in [5, 5.41) is 3.60. The molecule has 0 saturated heterocycles. The van der Waals surface area contributed by atoms with Crippen LogP contribution < -0.4 is 5.32 Å². The first-order valence-electron chi connectivity index (χ1n) is 7.02. The van der Waals surface area contributed by atoms with Crippen molar-refractivity contribution >= 4 is 17.7 Å². The summed E-state index contributed by atoms with van der Waals surface area (Å²) in [6, 6.07) is 0.546. The van der Waals surface area contributed by atoms with E-state index in [2.05, 4.69) is 19.2 Å². The van der Waals surface area contributed by atoms with Crippen LogP contribution in [0.15, 0.2) is 0 Å². The molecule has 3 nitrogen and oxygen atoms in total. The van der Waals surface area contributed by atoms with Crippen molar-refractivity contribution in [2.24, 2.45) is 11.8 Å². The minimum Gasteiger partial charge on any atom is -0.468 e. The third kappa shape index (κ3) is 3.41. The number of carbonyl (C=O) groups excluding carboxylic acids is 1. The quantitative estimate of drug-likeness (QED) is 0.688. The highest BCUT2D eigenvalue weighted by Gasteiger charge is 2.53. The molecule has 2 saturated carbocycles. The SMILES string of the molecule is COC(=O)C(CSCC(C)C)(NC1CC1)C1CC1. The Morgan fingerprint density at radius 1 is 1.39 bits per heavy atom. The summed E-state index contributed by atoms with van der Waals surface area (Å²) in [7, 11) is 1.52. The van der Waals surface area contributed by atoms with Gasteiger partial charge in [0.1, 0.15) is 5.54 Å². The second-order valence-electron chi connectivity index (χ2n) is 6.06. The van der Waals surface area contributed by atoms with Crippen molar-refractivity contribution in [1.29, 1.82) is 0 Å². The lowest BCUT2D eigenvalue weighted by atomic mass is 9.95. The molecule has 0 aromatic rings. The Morgan fingerprint density at radius 2 is 2.06 bits per heavy atom. The molecule has 0 radical (unpaired) electrons. The minimum atomic E-state index is -0.407. The van der Waals surface area contributed by atoms with Crippen LogP contribution in [-0.2, 0) is 9.53 Å². The van der Waals surface area contributed by atoms with Crippen LogP contribution in [0.2, 0.25) is 0 Å². The zero-order chi connectivity index (χ0) is 13.2. The maximum atomic E-state index is 12.3. The first-order chi connectivity index (χ1) is 8.58. The number of methoxy groups -OCH3 is 1. The Balaban J connectivity index is 2.00. The van der Waals surface area contributed by atoms with Crippen molar-refractivity contribution in [3.63, 3.8) is 0 Å². The van der Waals surface area contributed by atoms with E-state index in [1.54, 1.807) is 0 Å². The van der Waals surface area contributed by atoms with Gasteiger partial charge in [-0.05, 0) is 43.3 Å². The van der Waals surface area contributed by atoms with Crippen LogP contribution in [0.1, 0.15) is 39.5 Å². The van der Waals surface area contributed by atoms with Crippen LogP contribution in [0.5, 0.6) is 0 Å². The van der Waals surface area contributed by atoms with Crippen molar-refractivity contribution in [2.75, 3.05) is 18.6 Å².